The summed E-state index contributed by atoms with van der Waals surface area (Å²) in [5.41, 5.74) is 5.91. The Morgan fingerprint density at radius 1 is 1.50 bits per heavy atom. The zero-order valence-corrected chi connectivity index (χ0v) is 8.84. The van der Waals surface area contributed by atoms with E-state index in [2.05, 4.69) is 9.72 Å². The third-order valence-electron chi connectivity index (χ3n) is 1.66. The van der Waals surface area contributed by atoms with E-state index >= 15 is 0 Å². The summed E-state index contributed by atoms with van der Waals surface area (Å²) in [6, 6.07) is -0.983. The second kappa shape index (κ2) is 4.59. The molecule has 1 aromatic rings. The van der Waals surface area contributed by atoms with E-state index in [0.717, 1.165) is 0 Å². The van der Waals surface area contributed by atoms with E-state index in [4.69, 9.17) is 28.9 Å². The molecular weight excluding hydrogens is 227 g/mol. The summed E-state index contributed by atoms with van der Waals surface area (Å²) in [5.74, 6) is -0.597. The number of hydrogen-bond acceptors (Lipinski definition) is 4. The van der Waals surface area contributed by atoms with Crippen LogP contribution in [0.2, 0.25) is 10.0 Å². The summed E-state index contributed by atoms with van der Waals surface area (Å²) in [4.78, 5) is 14.9. The first-order valence-electron chi connectivity index (χ1n) is 3.70. The number of ether oxygens (including phenoxy) is 1. The minimum Gasteiger partial charge on any atom is -0.468 e. The van der Waals surface area contributed by atoms with Crippen molar-refractivity contribution >= 4 is 29.2 Å². The highest BCUT2D eigenvalue weighted by molar-refractivity contribution is 6.36. The number of hydrogen-bond donors (Lipinski definition) is 1. The maximum Gasteiger partial charge on any atom is 0.327 e. The van der Waals surface area contributed by atoms with Crippen molar-refractivity contribution in [1.29, 1.82) is 0 Å². The molecule has 76 valence electrons. The van der Waals surface area contributed by atoms with Crippen LogP contribution in [0.15, 0.2) is 12.4 Å². The standard InChI is InChI=1S/C8H8Cl2N2O2/c1-14-8(13)7(11)6-4(9)2-12-3-5(6)10/h2-3,7H,11H2,1H3/t7-/m0/s1. The van der Waals surface area contributed by atoms with Crippen molar-refractivity contribution in [1.82, 2.24) is 4.98 Å². The molecule has 4 nitrogen and oxygen atoms in total. The van der Waals surface area contributed by atoms with Crippen molar-refractivity contribution in [2.24, 2.45) is 5.73 Å². The molecule has 14 heavy (non-hydrogen) atoms. The number of methoxy groups -OCH3 is 1. The zero-order valence-electron chi connectivity index (χ0n) is 7.33. The van der Waals surface area contributed by atoms with E-state index in [9.17, 15) is 4.79 Å². The summed E-state index contributed by atoms with van der Waals surface area (Å²) in [6.07, 6.45) is 2.73. The number of aromatic nitrogens is 1. The molecule has 1 rings (SSSR count). The predicted molar refractivity (Wildman–Crippen MR) is 53.2 cm³/mol. The zero-order chi connectivity index (χ0) is 10.7. The predicted octanol–water partition coefficient (Wildman–Crippen LogP) is 1.56. The first-order chi connectivity index (χ1) is 6.57. The maximum atomic E-state index is 11.1. The van der Waals surface area contributed by atoms with E-state index in [1.54, 1.807) is 0 Å². The average molecular weight is 235 g/mol. The minimum absolute atomic E-state index is 0.246. The number of esters is 1. The van der Waals surface area contributed by atoms with Crippen LogP contribution in [0.3, 0.4) is 0 Å². The van der Waals surface area contributed by atoms with Gasteiger partial charge in [-0.25, -0.2) is 0 Å². The lowest BCUT2D eigenvalue weighted by Gasteiger charge is -2.12. The van der Waals surface area contributed by atoms with Crippen LogP contribution in [-0.4, -0.2) is 18.1 Å². The molecule has 1 aromatic heterocycles. The summed E-state index contributed by atoms with van der Waals surface area (Å²) in [5, 5.41) is 0.491. The van der Waals surface area contributed by atoms with Gasteiger partial charge in [0.25, 0.3) is 0 Å². The molecule has 0 saturated heterocycles. The van der Waals surface area contributed by atoms with Gasteiger partial charge in [0, 0.05) is 18.0 Å². The van der Waals surface area contributed by atoms with Gasteiger partial charge in [-0.05, 0) is 0 Å². The molecule has 1 heterocycles. The van der Waals surface area contributed by atoms with Gasteiger partial charge in [0.15, 0.2) is 0 Å². The van der Waals surface area contributed by atoms with Crippen molar-refractivity contribution in [3.05, 3.63) is 28.0 Å². The summed E-state index contributed by atoms with van der Waals surface area (Å²) in [7, 11) is 1.24. The number of carbonyl (C=O) groups excluding carboxylic acids is 1. The topological polar surface area (TPSA) is 65.2 Å². The molecule has 0 radical (unpaired) electrons. The van der Waals surface area contributed by atoms with Crippen molar-refractivity contribution in [3.8, 4) is 0 Å². The molecule has 0 saturated carbocycles. The van der Waals surface area contributed by atoms with Crippen LogP contribution < -0.4 is 5.73 Å². The first kappa shape index (κ1) is 11.2. The van der Waals surface area contributed by atoms with Crippen LogP contribution in [0.25, 0.3) is 0 Å². The van der Waals surface area contributed by atoms with Gasteiger partial charge in [-0.2, -0.15) is 0 Å². The molecular formula is C8H8Cl2N2O2. The number of carbonyl (C=O) groups is 1. The Labute approximate surface area is 91.0 Å². The van der Waals surface area contributed by atoms with Gasteiger partial charge in [-0.15, -0.1) is 0 Å². The van der Waals surface area contributed by atoms with Crippen LogP contribution in [0.4, 0.5) is 0 Å². The fraction of sp³-hybridized carbons (Fsp3) is 0.250. The Balaban J connectivity index is 3.11. The third kappa shape index (κ3) is 2.15. The van der Waals surface area contributed by atoms with Crippen LogP contribution >= 0.6 is 23.2 Å². The molecule has 6 heteroatoms. The SMILES string of the molecule is COC(=O)[C@@H](N)c1c(Cl)cncc1Cl. The van der Waals surface area contributed by atoms with E-state index in [1.807, 2.05) is 0 Å². The fourth-order valence-electron chi connectivity index (χ4n) is 0.963. The Hall–Kier alpha value is -0.840. The van der Waals surface area contributed by atoms with Gasteiger partial charge < -0.3 is 10.5 Å². The Morgan fingerprint density at radius 2 is 2.00 bits per heavy atom. The van der Waals surface area contributed by atoms with E-state index in [0.29, 0.717) is 5.56 Å². The van der Waals surface area contributed by atoms with E-state index < -0.39 is 12.0 Å². The van der Waals surface area contributed by atoms with E-state index in [1.165, 1.54) is 19.5 Å². The fourth-order valence-corrected chi connectivity index (χ4v) is 1.56. The van der Waals surface area contributed by atoms with Crippen molar-refractivity contribution in [2.75, 3.05) is 7.11 Å². The van der Waals surface area contributed by atoms with Gasteiger partial charge in [-0.1, -0.05) is 23.2 Å². The van der Waals surface area contributed by atoms with Gasteiger partial charge in [0.2, 0.25) is 0 Å². The number of rotatable bonds is 2. The van der Waals surface area contributed by atoms with Gasteiger partial charge in [0.05, 0.1) is 17.2 Å². The quantitative estimate of drug-likeness (QED) is 0.790. The first-order valence-corrected chi connectivity index (χ1v) is 4.45. The van der Waals surface area contributed by atoms with Crippen LogP contribution in [0.1, 0.15) is 11.6 Å². The monoisotopic (exact) mass is 234 g/mol. The molecule has 0 spiro atoms. The van der Waals surface area contributed by atoms with Gasteiger partial charge in [-0.3, -0.25) is 9.78 Å². The molecule has 0 aliphatic rings. The van der Waals surface area contributed by atoms with Crippen molar-refractivity contribution in [2.45, 2.75) is 6.04 Å². The Kier molecular flexibility index (Phi) is 3.69. The molecule has 0 aliphatic carbocycles. The Morgan fingerprint density at radius 3 is 2.43 bits per heavy atom. The number of halogens is 2. The number of nitrogens with zero attached hydrogens (tertiary/aromatic N) is 1. The second-order valence-electron chi connectivity index (χ2n) is 2.52. The third-order valence-corrected chi connectivity index (χ3v) is 2.26. The van der Waals surface area contributed by atoms with Crippen LogP contribution in [-0.2, 0) is 9.53 Å². The number of pyridine rings is 1. The normalized spacial score (nSPS) is 12.3. The molecule has 0 aromatic carbocycles. The second-order valence-corrected chi connectivity index (χ2v) is 3.33. The molecule has 0 fully saturated rings. The summed E-state index contributed by atoms with van der Waals surface area (Å²) < 4.78 is 4.47. The summed E-state index contributed by atoms with van der Waals surface area (Å²) in [6.45, 7) is 0. The smallest absolute Gasteiger partial charge is 0.327 e. The lowest BCUT2D eigenvalue weighted by atomic mass is 10.1. The molecule has 0 unspecified atom stereocenters. The van der Waals surface area contributed by atoms with Gasteiger partial charge >= 0.3 is 5.97 Å². The largest absolute Gasteiger partial charge is 0.468 e. The van der Waals surface area contributed by atoms with E-state index in [-0.39, 0.29) is 10.0 Å². The van der Waals surface area contributed by atoms with Crippen LogP contribution in [0, 0.1) is 0 Å². The summed E-state index contributed by atoms with van der Waals surface area (Å²) >= 11 is 11.6. The number of nitrogens with two attached hydrogens (primary N) is 1. The van der Waals surface area contributed by atoms with Crippen molar-refractivity contribution < 1.29 is 9.53 Å². The van der Waals surface area contributed by atoms with Gasteiger partial charge in [0.1, 0.15) is 6.04 Å². The van der Waals surface area contributed by atoms with Crippen molar-refractivity contribution in [3.63, 3.8) is 0 Å². The molecule has 0 amide bonds. The maximum absolute atomic E-state index is 11.1. The molecule has 0 bridgehead atoms. The minimum atomic E-state index is -0.983. The molecule has 2 N–H and O–H groups in total. The lowest BCUT2D eigenvalue weighted by molar-refractivity contribution is -0.142. The van der Waals surface area contributed by atoms with Crippen LogP contribution in [0.5, 0.6) is 0 Å². The lowest BCUT2D eigenvalue weighted by Crippen LogP contribution is -2.23. The highest BCUT2D eigenvalue weighted by Gasteiger charge is 2.22. The average Bonchev–Trinajstić information content (AvgIpc) is 2.16. The Bertz CT molecular complexity index is 337. The highest BCUT2D eigenvalue weighted by atomic mass is 35.5. The highest BCUT2D eigenvalue weighted by Crippen LogP contribution is 2.28. The molecule has 1 atom stereocenters. The molecule has 0 aliphatic heterocycles.